The van der Waals surface area contributed by atoms with Crippen LogP contribution >= 0.6 is 0 Å². The highest BCUT2D eigenvalue weighted by Gasteiger charge is 2.43. The van der Waals surface area contributed by atoms with E-state index in [4.69, 9.17) is 9.47 Å². The van der Waals surface area contributed by atoms with E-state index in [1.807, 2.05) is 0 Å². The summed E-state index contributed by atoms with van der Waals surface area (Å²) in [5, 5.41) is 9.67. The Morgan fingerprint density at radius 2 is 1.75 bits per heavy atom. The number of carboxylic acid groups (broad SMARTS) is 1. The third kappa shape index (κ3) is 2.32. The van der Waals surface area contributed by atoms with Crippen LogP contribution < -0.4 is 9.47 Å². The molecule has 20 heavy (non-hydrogen) atoms. The molecule has 1 saturated carbocycles. The lowest BCUT2D eigenvalue weighted by Crippen LogP contribution is -2.38. The van der Waals surface area contributed by atoms with Gasteiger partial charge in [0.1, 0.15) is 5.75 Å². The van der Waals surface area contributed by atoms with Crippen molar-refractivity contribution in [3.8, 4) is 11.5 Å². The zero-order chi connectivity index (χ0) is 14.8. The summed E-state index contributed by atoms with van der Waals surface area (Å²) in [7, 11) is 2.82. The van der Waals surface area contributed by atoms with Gasteiger partial charge in [0.25, 0.3) is 0 Å². The van der Waals surface area contributed by atoms with E-state index in [9.17, 15) is 14.3 Å². The van der Waals surface area contributed by atoms with Crippen molar-refractivity contribution in [2.75, 3.05) is 14.2 Å². The van der Waals surface area contributed by atoms with Gasteiger partial charge in [0.2, 0.25) is 0 Å². The van der Waals surface area contributed by atoms with Crippen LogP contribution in [-0.4, -0.2) is 25.3 Å². The van der Waals surface area contributed by atoms with Crippen LogP contribution in [0, 0.1) is 5.82 Å². The predicted octanol–water partition coefficient (Wildman–Crippen LogP) is 3.13. The number of ether oxygens (including phenoxy) is 2. The molecule has 0 saturated heterocycles. The average molecular weight is 282 g/mol. The van der Waals surface area contributed by atoms with Crippen LogP contribution in [-0.2, 0) is 10.2 Å². The summed E-state index contributed by atoms with van der Waals surface area (Å²) in [5.74, 6) is -1.05. The molecule has 0 unspecified atom stereocenters. The second-order valence-corrected chi connectivity index (χ2v) is 5.13. The van der Waals surface area contributed by atoms with Crippen molar-refractivity contribution >= 4 is 5.97 Å². The molecule has 110 valence electrons. The lowest BCUT2D eigenvalue weighted by molar-refractivity contribution is -0.145. The Hall–Kier alpha value is -1.78. The average Bonchev–Trinajstić information content (AvgIpc) is 2.47. The van der Waals surface area contributed by atoms with Crippen molar-refractivity contribution in [2.45, 2.75) is 37.5 Å². The molecular weight excluding hydrogens is 263 g/mol. The molecule has 1 aliphatic carbocycles. The number of hydrogen-bond donors (Lipinski definition) is 1. The van der Waals surface area contributed by atoms with Gasteiger partial charge < -0.3 is 14.6 Å². The minimum Gasteiger partial charge on any atom is -0.496 e. The first-order valence-electron chi connectivity index (χ1n) is 6.70. The molecule has 0 atom stereocenters. The summed E-state index contributed by atoms with van der Waals surface area (Å²) in [6.45, 7) is 0. The largest absolute Gasteiger partial charge is 0.496 e. The lowest BCUT2D eigenvalue weighted by atomic mass is 9.69. The summed E-state index contributed by atoms with van der Waals surface area (Å²) in [6.07, 6.45) is 3.66. The quantitative estimate of drug-likeness (QED) is 0.921. The van der Waals surface area contributed by atoms with Crippen molar-refractivity contribution in [2.24, 2.45) is 0 Å². The number of rotatable bonds is 4. The van der Waals surface area contributed by atoms with Gasteiger partial charge in [0, 0.05) is 11.6 Å². The van der Waals surface area contributed by atoms with Crippen molar-refractivity contribution in [1.29, 1.82) is 0 Å². The Labute approximate surface area is 117 Å². The van der Waals surface area contributed by atoms with Gasteiger partial charge in [0.15, 0.2) is 11.6 Å². The molecule has 1 aliphatic rings. The minimum absolute atomic E-state index is 0.0574. The maximum atomic E-state index is 14.0. The van der Waals surface area contributed by atoms with Gasteiger partial charge in [-0.1, -0.05) is 19.3 Å². The van der Waals surface area contributed by atoms with Crippen LogP contribution in [0.5, 0.6) is 11.5 Å². The fraction of sp³-hybridized carbons (Fsp3) is 0.533. The molecule has 1 aromatic carbocycles. The molecule has 0 spiro atoms. The molecule has 0 aliphatic heterocycles. The van der Waals surface area contributed by atoms with E-state index in [-0.39, 0.29) is 5.75 Å². The van der Waals surface area contributed by atoms with Crippen molar-refractivity contribution < 1.29 is 23.8 Å². The standard InChI is InChI=1S/C15H19FO4/c1-19-12-9-13(20-2)11(16)8-10(12)15(14(17)18)6-4-3-5-7-15/h8-9H,3-7H2,1-2H3,(H,17,18). The minimum atomic E-state index is -1.06. The van der Waals surface area contributed by atoms with Crippen molar-refractivity contribution in [3.63, 3.8) is 0 Å². The van der Waals surface area contributed by atoms with Crippen LogP contribution in [0.4, 0.5) is 4.39 Å². The molecule has 1 aromatic rings. The van der Waals surface area contributed by atoms with E-state index in [0.29, 0.717) is 24.2 Å². The van der Waals surface area contributed by atoms with Crippen molar-refractivity contribution in [1.82, 2.24) is 0 Å². The zero-order valence-corrected chi connectivity index (χ0v) is 11.7. The van der Waals surface area contributed by atoms with E-state index < -0.39 is 17.2 Å². The summed E-state index contributed by atoms with van der Waals surface area (Å²) in [4.78, 5) is 11.8. The fourth-order valence-corrected chi connectivity index (χ4v) is 2.99. The lowest BCUT2D eigenvalue weighted by Gasteiger charge is -2.34. The van der Waals surface area contributed by atoms with E-state index >= 15 is 0 Å². The second-order valence-electron chi connectivity index (χ2n) is 5.13. The number of carboxylic acids is 1. The van der Waals surface area contributed by atoms with Gasteiger partial charge in [0.05, 0.1) is 19.6 Å². The summed E-state index contributed by atoms with van der Waals surface area (Å²) in [6, 6.07) is 2.67. The molecule has 1 N–H and O–H groups in total. The molecule has 0 radical (unpaired) electrons. The predicted molar refractivity (Wildman–Crippen MR) is 71.9 cm³/mol. The van der Waals surface area contributed by atoms with Gasteiger partial charge in [-0.2, -0.15) is 0 Å². The highest BCUT2D eigenvalue weighted by Crippen LogP contribution is 2.45. The number of aliphatic carboxylic acids is 1. The number of benzene rings is 1. The van der Waals surface area contributed by atoms with Gasteiger partial charge in [-0.3, -0.25) is 4.79 Å². The summed E-state index contributed by atoms with van der Waals surface area (Å²) in [5.41, 5.74) is -0.651. The molecule has 0 bridgehead atoms. The smallest absolute Gasteiger partial charge is 0.314 e. The Morgan fingerprint density at radius 3 is 2.25 bits per heavy atom. The number of hydrogen-bond acceptors (Lipinski definition) is 3. The molecule has 4 nitrogen and oxygen atoms in total. The molecule has 0 aromatic heterocycles. The fourth-order valence-electron chi connectivity index (χ4n) is 2.99. The van der Waals surface area contributed by atoms with E-state index in [1.165, 1.54) is 26.4 Å². The molecule has 1 fully saturated rings. The molecule has 0 heterocycles. The molecular formula is C15H19FO4. The SMILES string of the molecule is COc1cc(OC)c(C2(C(=O)O)CCCCC2)cc1F. The third-order valence-corrected chi connectivity index (χ3v) is 4.11. The molecule has 0 amide bonds. The van der Waals surface area contributed by atoms with E-state index in [0.717, 1.165) is 19.3 Å². The number of methoxy groups -OCH3 is 2. The third-order valence-electron chi connectivity index (χ3n) is 4.11. The second kappa shape index (κ2) is 5.69. The number of halogens is 1. The van der Waals surface area contributed by atoms with Gasteiger partial charge in [-0.15, -0.1) is 0 Å². The first kappa shape index (κ1) is 14.6. The first-order chi connectivity index (χ1) is 9.55. The highest BCUT2D eigenvalue weighted by atomic mass is 19.1. The van der Waals surface area contributed by atoms with Crippen molar-refractivity contribution in [3.05, 3.63) is 23.5 Å². The Kier molecular flexibility index (Phi) is 4.16. The van der Waals surface area contributed by atoms with Crippen LogP contribution in [0.15, 0.2) is 12.1 Å². The van der Waals surface area contributed by atoms with Gasteiger partial charge in [-0.05, 0) is 18.9 Å². The Balaban J connectivity index is 2.58. The van der Waals surface area contributed by atoms with Crippen LogP contribution in [0.2, 0.25) is 0 Å². The molecule has 2 rings (SSSR count). The van der Waals surface area contributed by atoms with E-state index in [1.54, 1.807) is 0 Å². The molecule has 5 heteroatoms. The number of carbonyl (C=O) groups is 1. The first-order valence-corrected chi connectivity index (χ1v) is 6.70. The van der Waals surface area contributed by atoms with Gasteiger partial charge >= 0.3 is 5.97 Å². The van der Waals surface area contributed by atoms with Crippen LogP contribution in [0.1, 0.15) is 37.7 Å². The summed E-state index contributed by atoms with van der Waals surface area (Å²) >= 11 is 0. The topological polar surface area (TPSA) is 55.8 Å². The normalized spacial score (nSPS) is 17.6. The van der Waals surface area contributed by atoms with E-state index in [2.05, 4.69) is 0 Å². The summed E-state index contributed by atoms with van der Waals surface area (Å²) < 4.78 is 24.2. The van der Waals surface area contributed by atoms with Crippen LogP contribution in [0.3, 0.4) is 0 Å². The Morgan fingerprint density at radius 1 is 1.15 bits per heavy atom. The maximum absolute atomic E-state index is 14.0. The monoisotopic (exact) mass is 282 g/mol. The zero-order valence-electron chi connectivity index (χ0n) is 11.7. The Bertz CT molecular complexity index is 507. The maximum Gasteiger partial charge on any atom is 0.314 e. The highest BCUT2D eigenvalue weighted by molar-refractivity contribution is 5.83. The van der Waals surface area contributed by atoms with Gasteiger partial charge in [-0.25, -0.2) is 4.39 Å². The van der Waals surface area contributed by atoms with Crippen LogP contribution in [0.25, 0.3) is 0 Å².